The fraction of sp³-hybridized carbons (Fsp3) is 0.154. The average molecular weight is 537 g/mol. The molecule has 0 bridgehead atoms. The number of ether oxygens (including phenoxy) is 1. The van der Waals surface area contributed by atoms with E-state index in [2.05, 4.69) is 15.9 Å². The molecule has 3 atom stereocenters. The van der Waals surface area contributed by atoms with Crippen molar-refractivity contribution in [3.63, 3.8) is 0 Å². The van der Waals surface area contributed by atoms with Crippen LogP contribution in [0.3, 0.4) is 0 Å². The summed E-state index contributed by atoms with van der Waals surface area (Å²) in [6.45, 7) is 0. The molecule has 0 unspecified atom stereocenters. The van der Waals surface area contributed by atoms with Crippen LogP contribution in [-0.4, -0.2) is 29.0 Å². The number of fused-ring (bicyclic) bond motifs is 3. The number of rotatable bonds is 2. The maximum atomic E-state index is 13.9. The molecule has 0 saturated carbocycles. The molecular weight excluding hydrogens is 522 g/mol. The Bertz CT molecular complexity index is 1380. The molecule has 34 heavy (non-hydrogen) atoms. The zero-order valence-electron chi connectivity index (χ0n) is 17.4. The number of carbonyl (C=O) groups excluding carboxylic acids is 4. The maximum Gasteiger partial charge on any atom is 0.241 e. The largest absolute Gasteiger partial charge is 0.349 e. The second kappa shape index (κ2) is 7.43. The highest BCUT2D eigenvalue weighted by molar-refractivity contribution is 9.10. The molecule has 6 nitrogen and oxygen atoms in total. The lowest BCUT2D eigenvalue weighted by Gasteiger charge is -2.27. The molecule has 168 valence electrons. The van der Waals surface area contributed by atoms with Gasteiger partial charge in [0.1, 0.15) is 0 Å². The van der Waals surface area contributed by atoms with Crippen LogP contribution in [0.5, 0.6) is 0 Å². The summed E-state index contributed by atoms with van der Waals surface area (Å²) in [5.74, 6) is -4.67. The molecule has 2 fully saturated rings. The number of halogens is 2. The fourth-order valence-electron chi connectivity index (χ4n) is 5.34. The molecule has 2 aliphatic heterocycles. The Morgan fingerprint density at radius 1 is 0.794 bits per heavy atom. The normalized spacial score (nSPS) is 24.8. The van der Waals surface area contributed by atoms with Crippen LogP contribution in [0.15, 0.2) is 77.3 Å². The van der Waals surface area contributed by atoms with Crippen molar-refractivity contribution in [1.82, 2.24) is 0 Å². The molecule has 0 N–H and O–H groups in total. The van der Waals surface area contributed by atoms with E-state index in [1.165, 1.54) is 0 Å². The van der Waals surface area contributed by atoms with Crippen molar-refractivity contribution in [2.75, 3.05) is 4.90 Å². The van der Waals surface area contributed by atoms with E-state index in [-0.39, 0.29) is 11.1 Å². The number of Topliss-reactive ketones (excluding diaryl/α,β-unsaturated/α-hetero) is 2. The van der Waals surface area contributed by atoms with E-state index in [4.69, 9.17) is 16.3 Å². The zero-order chi connectivity index (χ0) is 23.8. The van der Waals surface area contributed by atoms with Crippen molar-refractivity contribution in [3.05, 3.63) is 99.0 Å². The lowest BCUT2D eigenvalue weighted by atomic mass is 9.77. The van der Waals surface area contributed by atoms with E-state index in [1.807, 2.05) is 0 Å². The van der Waals surface area contributed by atoms with Gasteiger partial charge in [0.15, 0.2) is 0 Å². The molecule has 8 heteroatoms. The Labute approximate surface area is 207 Å². The Morgan fingerprint density at radius 2 is 1.38 bits per heavy atom. The zero-order valence-corrected chi connectivity index (χ0v) is 19.7. The van der Waals surface area contributed by atoms with Gasteiger partial charge in [0, 0.05) is 20.6 Å². The monoisotopic (exact) mass is 535 g/mol. The number of imide groups is 1. The molecule has 1 aliphatic carbocycles. The third kappa shape index (κ3) is 2.66. The summed E-state index contributed by atoms with van der Waals surface area (Å²) in [5.41, 5.74) is -0.790. The topological polar surface area (TPSA) is 80.8 Å². The number of hydrogen-bond donors (Lipinski definition) is 0. The van der Waals surface area contributed by atoms with Gasteiger partial charge in [-0.05, 0) is 45.8 Å². The van der Waals surface area contributed by atoms with Gasteiger partial charge in [-0.3, -0.25) is 19.2 Å². The van der Waals surface area contributed by atoms with Crippen molar-refractivity contribution in [2.24, 2.45) is 11.8 Å². The third-order valence-electron chi connectivity index (χ3n) is 6.81. The van der Waals surface area contributed by atoms with E-state index in [1.54, 1.807) is 72.8 Å². The molecule has 2 saturated heterocycles. The molecule has 3 aromatic rings. The van der Waals surface area contributed by atoms with Gasteiger partial charge < -0.3 is 4.74 Å². The fourth-order valence-corrected chi connectivity index (χ4v) is 5.93. The van der Waals surface area contributed by atoms with Gasteiger partial charge in [-0.25, -0.2) is 4.90 Å². The minimum Gasteiger partial charge on any atom is -0.349 e. The Morgan fingerprint density at radius 3 is 2.00 bits per heavy atom. The van der Waals surface area contributed by atoms with Gasteiger partial charge in [0.2, 0.25) is 29.0 Å². The van der Waals surface area contributed by atoms with Crippen molar-refractivity contribution in [3.8, 4) is 0 Å². The summed E-state index contributed by atoms with van der Waals surface area (Å²) < 4.78 is 6.79. The van der Waals surface area contributed by atoms with Crippen LogP contribution in [0, 0.1) is 11.8 Å². The number of amides is 2. The molecule has 3 aromatic carbocycles. The number of hydrogen-bond acceptors (Lipinski definition) is 5. The minimum absolute atomic E-state index is 0.197. The molecule has 2 amide bonds. The maximum absolute atomic E-state index is 13.9. The number of nitrogens with zero attached hydrogens (tertiary/aromatic N) is 1. The highest BCUT2D eigenvalue weighted by Crippen LogP contribution is 2.58. The second-order valence-electron chi connectivity index (χ2n) is 8.50. The number of benzene rings is 3. The standard InChI is InChI=1S/C26H15BrClNO5/c27-17-7-3-4-8-18(17)29-24(32)19-20(25(29)33)26(34-21(19)13-9-11-14(28)12-10-13)22(30)15-5-1-2-6-16(15)23(26)31/h1-12,19-21H/t19-,20+,21-/m0/s1. The van der Waals surface area contributed by atoms with Gasteiger partial charge in [-0.1, -0.05) is 60.1 Å². The number of anilines is 1. The number of ketones is 2. The Kier molecular flexibility index (Phi) is 4.68. The molecule has 2 heterocycles. The van der Waals surface area contributed by atoms with Crippen LogP contribution in [-0.2, 0) is 14.3 Å². The first-order valence-corrected chi connectivity index (χ1v) is 11.8. The summed E-state index contributed by atoms with van der Waals surface area (Å²) >= 11 is 9.45. The average Bonchev–Trinajstić information content (AvgIpc) is 3.40. The van der Waals surface area contributed by atoms with Crippen molar-refractivity contribution < 1.29 is 23.9 Å². The summed E-state index contributed by atoms with van der Waals surface area (Å²) in [7, 11) is 0. The first-order valence-electron chi connectivity index (χ1n) is 10.6. The van der Waals surface area contributed by atoms with Crippen LogP contribution in [0.2, 0.25) is 5.02 Å². The first kappa shape index (κ1) is 21.4. The smallest absolute Gasteiger partial charge is 0.241 e. The van der Waals surface area contributed by atoms with Crippen LogP contribution >= 0.6 is 27.5 Å². The van der Waals surface area contributed by atoms with E-state index in [0.29, 0.717) is 20.7 Å². The molecule has 6 rings (SSSR count). The molecular formula is C26H15BrClNO5. The molecule has 0 radical (unpaired) electrons. The highest BCUT2D eigenvalue weighted by atomic mass is 79.9. The SMILES string of the molecule is O=C1[C@@H]2[C@H](c3ccc(Cl)cc3)OC3(C(=O)c4ccccc4C3=O)[C@H]2C(=O)N1c1ccccc1Br. The lowest BCUT2D eigenvalue weighted by Crippen LogP contribution is -2.51. The van der Waals surface area contributed by atoms with Gasteiger partial charge in [-0.15, -0.1) is 0 Å². The van der Waals surface area contributed by atoms with Gasteiger partial charge >= 0.3 is 0 Å². The van der Waals surface area contributed by atoms with Gasteiger partial charge in [-0.2, -0.15) is 0 Å². The van der Waals surface area contributed by atoms with Crippen molar-refractivity contribution >= 4 is 56.6 Å². The van der Waals surface area contributed by atoms with Crippen molar-refractivity contribution in [1.29, 1.82) is 0 Å². The van der Waals surface area contributed by atoms with E-state index in [0.717, 1.165) is 4.90 Å². The molecule has 0 aromatic heterocycles. The second-order valence-corrected chi connectivity index (χ2v) is 9.79. The predicted octanol–water partition coefficient (Wildman–Crippen LogP) is 4.80. The van der Waals surface area contributed by atoms with Crippen LogP contribution in [0.25, 0.3) is 0 Å². The van der Waals surface area contributed by atoms with Crippen molar-refractivity contribution in [2.45, 2.75) is 11.7 Å². The van der Waals surface area contributed by atoms with Gasteiger partial charge in [0.05, 0.1) is 23.6 Å². The lowest BCUT2D eigenvalue weighted by molar-refractivity contribution is -0.127. The summed E-state index contributed by atoms with van der Waals surface area (Å²) in [4.78, 5) is 56.1. The third-order valence-corrected chi connectivity index (χ3v) is 7.73. The van der Waals surface area contributed by atoms with Crippen LogP contribution in [0.1, 0.15) is 32.4 Å². The number of para-hydroxylation sites is 1. The summed E-state index contributed by atoms with van der Waals surface area (Å²) in [5, 5.41) is 0.483. The predicted molar refractivity (Wildman–Crippen MR) is 127 cm³/mol. The summed E-state index contributed by atoms with van der Waals surface area (Å²) in [6, 6.07) is 19.9. The summed E-state index contributed by atoms with van der Waals surface area (Å²) in [6.07, 6.45) is -0.978. The molecule has 3 aliphatic rings. The van der Waals surface area contributed by atoms with E-state index >= 15 is 0 Å². The highest BCUT2D eigenvalue weighted by Gasteiger charge is 2.74. The minimum atomic E-state index is -2.10. The molecule has 1 spiro atoms. The van der Waals surface area contributed by atoms with Crippen LogP contribution < -0.4 is 4.90 Å². The Balaban J connectivity index is 1.56. The number of carbonyl (C=O) groups is 4. The van der Waals surface area contributed by atoms with Crippen LogP contribution in [0.4, 0.5) is 5.69 Å². The quantitative estimate of drug-likeness (QED) is 0.347. The Hall–Kier alpha value is -3.13. The van der Waals surface area contributed by atoms with E-state index < -0.39 is 46.9 Å². The first-order chi connectivity index (χ1) is 16.4. The van der Waals surface area contributed by atoms with Gasteiger partial charge in [0.25, 0.3) is 0 Å². The van der Waals surface area contributed by atoms with E-state index in [9.17, 15) is 19.2 Å².